The van der Waals surface area contributed by atoms with Crippen molar-refractivity contribution in [2.45, 2.75) is 44.0 Å². The van der Waals surface area contributed by atoms with Crippen LogP contribution in [-0.4, -0.2) is 25.3 Å². The van der Waals surface area contributed by atoms with Crippen LogP contribution in [0.5, 0.6) is 0 Å². The van der Waals surface area contributed by atoms with Crippen molar-refractivity contribution in [1.82, 2.24) is 4.31 Å². The Kier molecular flexibility index (Phi) is 5.07. The highest BCUT2D eigenvalue weighted by Crippen LogP contribution is 2.30. The normalized spacial score (nSPS) is 22.4. The zero-order chi connectivity index (χ0) is 17.2. The first-order valence-corrected chi connectivity index (χ1v) is 10.0. The van der Waals surface area contributed by atoms with Gasteiger partial charge in [-0.1, -0.05) is 55.0 Å². The van der Waals surface area contributed by atoms with Crippen LogP contribution in [0.2, 0.25) is 0 Å². The Labute approximate surface area is 145 Å². The smallest absolute Gasteiger partial charge is 0.207 e. The second-order valence-electron chi connectivity index (χ2n) is 6.91. The summed E-state index contributed by atoms with van der Waals surface area (Å²) >= 11 is 0. The van der Waals surface area contributed by atoms with E-state index >= 15 is 0 Å². The average molecular weight is 343 g/mol. The number of rotatable bonds is 4. The van der Waals surface area contributed by atoms with Crippen molar-refractivity contribution in [2.24, 2.45) is 5.92 Å². The summed E-state index contributed by atoms with van der Waals surface area (Å²) < 4.78 is 28.1. The first-order valence-electron chi connectivity index (χ1n) is 8.59. The number of hydrogen-bond donors (Lipinski definition) is 0. The standard InChI is InChI=1S/C20H25NO2S/c1-16-9-12-20(13-10-16)24(22,23)21-15-17(2)8-11-19(21)14-18-6-4-3-5-7-18/h3-7,9-10,12-13,17,19H,8,11,14-15H2,1-2H3/t17-,19+/m0/s1. The second-order valence-corrected chi connectivity index (χ2v) is 8.80. The van der Waals surface area contributed by atoms with Crippen LogP contribution in [0.25, 0.3) is 0 Å². The molecule has 0 aromatic heterocycles. The molecule has 1 aliphatic heterocycles. The molecule has 3 rings (SSSR count). The van der Waals surface area contributed by atoms with E-state index in [1.807, 2.05) is 37.3 Å². The number of nitrogens with zero attached hydrogens (tertiary/aromatic N) is 1. The Morgan fingerprint density at radius 2 is 1.67 bits per heavy atom. The number of sulfonamides is 1. The Hall–Kier alpha value is -1.65. The van der Waals surface area contributed by atoms with E-state index in [2.05, 4.69) is 19.1 Å². The van der Waals surface area contributed by atoms with Crippen molar-refractivity contribution >= 4 is 10.0 Å². The van der Waals surface area contributed by atoms with Gasteiger partial charge in [-0.2, -0.15) is 4.31 Å². The third-order valence-corrected chi connectivity index (χ3v) is 6.77. The molecule has 0 N–H and O–H groups in total. The van der Waals surface area contributed by atoms with Crippen molar-refractivity contribution in [3.63, 3.8) is 0 Å². The van der Waals surface area contributed by atoms with Crippen LogP contribution in [0.4, 0.5) is 0 Å². The molecular weight excluding hydrogens is 318 g/mol. The molecule has 4 heteroatoms. The van der Waals surface area contributed by atoms with E-state index in [0.29, 0.717) is 17.4 Å². The molecule has 0 unspecified atom stereocenters. The molecule has 2 aromatic carbocycles. The van der Waals surface area contributed by atoms with Crippen LogP contribution in [0.1, 0.15) is 30.9 Å². The summed E-state index contributed by atoms with van der Waals surface area (Å²) in [6.45, 7) is 4.71. The highest BCUT2D eigenvalue weighted by Gasteiger charge is 2.35. The highest BCUT2D eigenvalue weighted by molar-refractivity contribution is 7.89. The monoisotopic (exact) mass is 343 g/mol. The minimum Gasteiger partial charge on any atom is -0.207 e. The SMILES string of the molecule is Cc1ccc(S(=O)(=O)N2C[C@@H](C)CC[C@@H]2Cc2ccccc2)cc1. The molecule has 24 heavy (non-hydrogen) atoms. The minimum atomic E-state index is -3.45. The van der Waals surface area contributed by atoms with Crippen molar-refractivity contribution in [3.8, 4) is 0 Å². The molecule has 2 atom stereocenters. The fourth-order valence-corrected chi connectivity index (χ4v) is 5.17. The van der Waals surface area contributed by atoms with Gasteiger partial charge in [0.05, 0.1) is 4.90 Å². The zero-order valence-corrected chi connectivity index (χ0v) is 15.2. The molecule has 1 saturated heterocycles. The Balaban J connectivity index is 1.90. The van der Waals surface area contributed by atoms with E-state index in [1.165, 1.54) is 5.56 Å². The van der Waals surface area contributed by atoms with Crippen LogP contribution < -0.4 is 0 Å². The molecular formula is C20H25NO2S. The van der Waals surface area contributed by atoms with E-state index in [0.717, 1.165) is 24.8 Å². The summed E-state index contributed by atoms with van der Waals surface area (Å²) in [7, 11) is -3.45. The first-order chi connectivity index (χ1) is 11.5. The number of hydrogen-bond acceptors (Lipinski definition) is 2. The lowest BCUT2D eigenvalue weighted by Gasteiger charge is -2.37. The predicted octanol–water partition coefficient (Wildman–Crippen LogP) is 4.03. The third kappa shape index (κ3) is 3.70. The predicted molar refractivity (Wildman–Crippen MR) is 97.4 cm³/mol. The molecule has 1 fully saturated rings. The van der Waals surface area contributed by atoms with Crippen LogP contribution >= 0.6 is 0 Å². The fourth-order valence-electron chi connectivity index (χ4n) is 3.40. The molecule has 1 heterocycles. The van der Waals surface area contributed by atoms with Crippen LogP contribution in [0.3, 0.4) is 0 Å². The number of piperidine rings is 1. The van der Waals surface area contributed by atoms with Gasteiger partial charge in [0.2, 0.25) is 10.0 Å². The lowest BCUT2D eigenvalue weighted by molar-refractivity contribution is 0.204. The van der Waals surface area contributed by atoms with E-state index in [1.54, 1.807) is 16.4 Å². The zero-order valence-electron chi connectivity index (χ0n) is 14.4. The summed E-state index contributed by atoms with van der Waals surface area (Å²) in [6.07, 6.45) is 2.78. The molecule has 1 aliphatic rings. The number of benzene rings is 2. The number of aryl methyl sites for hydroxylation is 1. The van der Waals surface area contributed by atoms with Crippen LogP contribution in [-0.2, 0) is 16.4 Å². The third-order valence-electron chi connectivity index (χ3n) is 4.83. The summed E-state index contributed by atoms with van der Waals surface area (Å²) in [5.41, 5.74) is 2.27. The Bertz CT molecular complexity index is 769. The Morgan fingerprint density at radius 3 is 2.33 bits per heavy atom. The topological polar surface area (TPSA) is 37.4 Å². The summed E-state index contributed by atoms with van der Waals surface area (Å²) in [4.78, 5) is 0.403. The van der Waals surface area contributed by atoms with Crippen molar-refractivity contribution < 1.29 is 8.42 Å². The maximum Gasteiger partial charge on any atom is 0.243 e. The molecule has 0 spiro atoms. The first kappa shape index (κ1) is 17.2. The Morgan fingerprint density at radius 1 is 1.00 bits per heavy atom. The summed E-state index contributed by atoms with van der Waals surface area (Å²) in [5.74, 6) is 0.400. The minimum absolute atomic E-state index is 0.0369. The summed E-state index contributed by atoms with van der Waals surface area (Å²) in [5, 5.41) is 0. The maximum atomic E-state index is 13.2. The quantitative estimate of drug-likeness (QED) is 0.840. The average Bonchev–Trinajstić information content (AvgIpc) is 2.58. The van der Waals surface area contributed by atoms with E-state index in [9.17, 15) is 8.42 Å². The van der Waals surface area contributed by atoms with Gasteiger partial charge in [0.1, 0.15) is 0 Å². The van der Waals surface area contributed by atoms with Gasteiger partial charge in [0.15, 0.2) is 0 Å². The van der Waals surface area contributed by atoms with Gasteiger partial charge >= 0.3 is 0 Å². The lowest BCUT2D eigenvalue weighted by atomic mass is 9.92. The van der Waals surface area contributed by atoms with Gasteiger partial charge in [-0.05, 0) is 49.8 Å². The molecule has 0 radical (unpaired) electrons. The van der Waals surface area contributed by atoms with E-state index < -0.39 is 10.0 Å². The van der Waals surface area contributed by atoms with Crippen LogP contribution in [0, 0.1) is 12.8 Å². The van der Waals surface area contributed by atoms with E-state index in [4.69, 9.17) is 0 Å². The van der Waals surface area contributed by atoms with Crippen molar-refractivity contribution in [3.05, 3.63) is 65.7 Å². The van der Waals surface area contributed by atoms with Gasteiger partial charge in [0.25, 0.3) is 0 Å². The van der Waals surface area contributed by atoms with Crippen LogP contribution in [0.15, 0.2) is 59.5 Å². The van der Waals surface area contributed by atoms with Gasteiger partial charge in [-0.3, -0.25) is 0 Å². The molecule has 0 aliphatic carbocycles. The largest absolute Gasteiger partial charge is 0.243 e. The molecule has 128 valence electrons. The molecule has 0 bridgehead atoms. The second kappa shape index (κ2) is 7.08. The maximum absolute atomic E-state index is 13.2. The lowest BCUT2D eigenvalue weighted by Crippen LogP contribution is -2.47. The van der Waals surface area contributed by atoms with Gasteiger partial charge in [-0.15, -0.1) is 0 Å². The fraction of sp³-hybridized carbons (Fsp3) is 0.400. The summed E-state index contributed by atoms with van der Waals surface area (Å²) in [6, 6.07) is 17.4. The van der Waals surface area contributed by atoms with Gasteiger partial charge in [-0.25, -0.2) is 8.42 Å². The molecule has 2 aromatic rings. The molecule has 0 saturated carbocycles. The van der Waals surface area contributed by atoms with Crippen molar-refractivity contribution in [2.75, 3.05) is 6.54 Å². The highest BCUT2D eigenvalue weighted by atomic mass is 32.2. The van der Waals surface area contributed by atoms with Gasteiger partial charge < -0.3 is 0 Å². The molecule has 0 amide bonds. The van der Waals surface area contributed by atoms with Gasteiger partial charge in [0, 0.05) is 12.6 Å². The molecule has 3 nitrogen and oxygen atoms in total. The van der Waals surface area contributed by atoms with Crippen molar-refractivity contribution in [1.29, 1.82) is 0 Å². The van der Waals surface area contributed by atoms with E-state index in [-0.39, 0.29) is 6.04 Å².